The van der Waals surface area contributed by atoms with Crippen LogP contribution < -0.4 is 15.4 Å². The second-order valence-electron chi connectivity index (χ2n) is 7.90. The van der Waals surface area contributed by atoms with Crippen molar-refractivity contribution in [1.82, 2.24) is 10.6 Å². The van der Waals surface area contributed by atoms with Gasteiger partial charge in [0.05, 0.1) is 11.1 Å². The summed E-state index contributed by atoms with van der Waals surface area (Å²) in [6, 6.07) is 3.65. The summed E-state index contributed by atoms with van der Waals surface area (Å²) in [5, 5.41) is 13.6. The lowest BCUT2D eigenvalue weighted by atomic mass is 9.82. The molecule has 1 aromatic rings. The lowest BCUT2D eigenvalue weighted by Crippen LogP contribution is -2.50. The van der Waals surface area contributed by atoms with Gasteiger partial charge in [-0.2, -0.15) is 8.78 Å². The minimum Gasteiger partial charge on any atom is -0.432 e. The predicted octanol–water partition coefficient (Wildman–Crippen LogP) is 3.38. The fourth-order valence-electron chi connectivity index (χ4n) is 3.87. The zero-order valence-corrected chi connectivity index (χ0v) is 17.2. The molecule has 0 radical (unpaired) electrons. The standard InChI is InChI=1S/C22H23F3N4O3/c23-17-9-15(3-4-18(17)32-21(24)25)22(5-7-31-8-6-22)29-20(30)16(10-26)19-27-11-14(12-28-19)13-1-2-13/h3-4,9-13,21,26-27H,1-2,5-8H2,(H,29,30)/b19-16-,26-10?. The van der Waals surface area contributed by atoms with Gasteiger partial charge in [-0.15, -0.1) is 0 Å². The maximum Gasteiger partial charge on any atom is 0.387 e. The van der Waals surface area contributed by atoms with Crippen molar-refractivity contribution in [3.63, 3.8) is 0 Å². The Bertz CT molecular complexity index is 996. The molecule has 3 aliphatic rings. The number of ether oxygens (including phenoxy) is 2. The van der Waals surface area contributed by atoms with Crippen molar-refractivity contribution in [3.05, 3.63) is 52.7 Å². The van der Waals surface area contributed by atoms with Gasteiger partial charge in [0.1, 0.15) is 5.82 Å². The van der Waals surface area contributed by atoms with Crippen LogP contribution in [0.15, 0.2) is 46.4 Å². The Hall–Kier alpha value is -3.14. The van der Waals surface area contributed by atoms with Gasteiger partial charge in [-0.1, -0.05) is 6.07 Å². The van der Waals surface area contributed by atoms with Gasteiger partial charge in [-0.3, -0.25) is 4.79 Å². The third-order valence-corrected chi connectivity index (χ3v) is 5.81. The Morgan fingerprint density at radius 2 is 2.09 bits per heavy atom. The Balaban J connectivity index is 1.59. The van der Waals surface area contributed by atoms with Gasteiger partial charge in [-0.25, -0.2) is 9.38 Å². The highest BCUT2D eigenvalue weighted by molar-refractivity contribution is 6.12. The molecule has 3 N–H and O–H groups in total. The van der Waals surface area contributed by atoms with Gasteiger partial charge in [0.2, 0.25) is 0 Å². The van der Waals surface area contributed by atoms with E-state index in [0.29, 0.717) is 37.5 Å². The first kappa shape index (κ1) is 22.1. The van der Waals surface area contributed by atoms with E-state index in [1.54, 1.807) is 12.4 Å². The van der Waals surface area contributed by atoms with E-state index in [1.807, 2.05) is 0 Å². The number of amides is 1. The largest absolute Gasteiger partial charge is 0.432 e. The van der Waals surface area contributed by atoms with Crippen LogP contribution in [0.25, 0.3) is 0 Å². The first-order chi connectivity index (χ1) is 15.4. The summed E-state index contributed by atoms with van der Waals surface area (Å²) in [4.78, 5) is 17.4. The number of nitrogens with one attached hydrogen (secondary N) is 3. The third-order valence-electron chi connectivity index (χ3n) is 5.81. The van der Waals surface area contributed by atoms with Crippen molar-refractivity contribution in [2.45, 2.75) is 37.8 Å². The van der Waals surface area contributed by atoms with Gasteiger partial charge in [-0.05, 0) is 54.9 Å². The first-order valence-corrected chi connectivity index (χ1v) is 10.3. The molecule has 0 atom stereocenters. The molecule has 0 aromatic heterocycles. The van der Waals surface area contributed by atoms with Gasteiger partial charge >= 0.3 is 6.61 Å². The zero-order chi connectivity index (χ0) is 22.7. The Morgan fingerprint density at radius 1 is 1.34 bits per heavy atom. The Labute approximate surface area is 182 Å². The van der Waals surface area contributed by atoms with Crippen molar-refractivity contribution >= 4 is 18.3 Å². The number of hydrogen-bond donors (Lipinski definition) is 3. The van der Waals surface area contributed by atoms with Crippen LogP contribution >= 0.6 is 0 Å². The molecule has 0 unspecified atom stereocenters. The van der Waals surface area contributed by atoms with E-state index in [-0.39, 0.29) is 11.4 Å². The van der Waals surface area contributed by atoms with Crippen molar-refractivity contribution in [2.24, 2.45) is 10.9 Å². The summed E-state index contributed by atoms with van der Waals surface area (Å²) in [6.07, 6.45) is 7.31. The monoisotopic (exact) mass is 448 g/mol. The summed E-state index contributed by atoms with van der Waals surface area (Å²) in [5.41, 5.74) is 0.484. The maximum absolute atomic E-state index is 14.4. The van der Waals surface area contributed by atoms with E-state index in [4.69, 9.17) is 10.1 Å². The number of halogens is 3. The Morgan fingerprint density at radius 3 is 2.66 bits per heavy atom. The lowest BCUT2D eigenvalue weighted by Gasteiger charge is -2.38. The van der Waals surface area contributed by atoms with E-state index < -0.39 is 29.6 Å². The number of carbonyl (C=O) groups is 1. The van der Waals surface area contributed by atoms with Gasteiger partial charge in [0.15, 0.2) is 11.6 Å². The molecule has 1 amide bonds. The third kappa shape index (κ3) is 4.69. The molecule has 2 fully saturated rings. The second kappa shape index (κ2) is 9.15. The SMILES string of the molecule is N=C/C(C(=O)NC1(c2ccc(OC(F)F)c(F)c2)CCOCC1)=C1/N=CC(C2CC2)=CN1. The summed E-state index contributed by atoms with van der Waals surface area (Å²) in [5.74, 6) is -1.35. The highest BCUT2D eigenvalue weighted by atomic mass is 19.3. The minimum atomic E-state index is -3.15. The average Bonchev–Trinajstić information content (AvgIpc) is 3.62. The molecule has 1 aromatic carbocycles. The van der Waals surface area contributed by atoms with Crippen molar-refractivity contribution < 1.29 is 27.4 Å². The van der Waals surface area contributed by atoms with Gasteiger partial charge in [0, 0.05) is 31.8 Å². The van der Waals surface area contributed by atoms with E-state index in [1.165, 1.54) is 6.07 Å². The molecule has 1 saturated heterocycles. The van der Waals surface area contributed by atoms with Crippen LogP contribution in [0.1, 0.15) is 31.2 Å². The highest BCUT2D eigenvalue weighted by Crippen LogP contribution is 2.37. The maximum atomic E-state index is 14.4. The molecule has 1 saturated carbocycles. The molecule has 10 heteroatoms. The summed E-state index contributed by atoms with van der Waals surface area (Å²) < 4.78 is 48.9. The molecule has 0 spiro atoms. The zero-order valence-electron chi connectivity index (χ0n) is 17.2. The highest BCUT2D eigenvalue weighted by Gasteiger charge is 2.38. The number of hydrogen-bond acceptors (Lipinski definition) is 6. The van der Waals surface area contributed by atoms with Crippen molar-refractivity contribution in [2.75, 3.05) is 13.2 Å². The van der Waals surface area contributed by atoms with E-state index in [2.05, 4.69) is 20.4 Å². The van der Waals surface area contributed by atoms with E-state index in [0.717, 1.165) is 36.8 Å². The number of allylic oxidation sites excluding steroid dienone is 1. The van der Waals surface area contributed by atoms with Crippen molar-refractivity contribution in [1.29, 1.82) is 5.41 Å². The molecule has 32 heavy (non-hydrogen) atoms. The molecule has 1 aliphatic carbocycles. The summed E-state index contributed by atoms with van der Waals surface area (Å²) in [7, 11) is 0. The number of rotatable bonds is 7. The number of nitrogens with zero attached hydrogens (tertiary/aromatic N) is 1. The molecule has 2 heterocycles. The molecule has 7 nitrogen and oxygen atoms in total. The second-order valence-corrected chi connectivity index (χ2v) is 7.90. The Kier molecular flexibility index (Phi) is 6.31. The molecule has 170 valence electrons. The molecule has 2 aliphatic heterocycles. The lowest BCUT2D eigenvalue weighted by molar-refractivity contribution is -0.120. The summed E-state index contributed by atoms with van der Waals surface area (Å²) >= 11 is 0. The fraction of sp³-hybridized carbons (Fsp3) is 0.409. The van der Waals surface area contributed by atoms with Crippen LogP contribution in [-0.4, -0.2) is 38.2 Å². The average molecular weight is 448 g/mol. The van der Waals surface area contributed by atoms with Crippen LogP contribution in [0, 0.1) is 17.1 Å². The number of alkyl halides is 2. The van der Waals surface area contributed by atoms with E-state index >= 15 is 0 Å². The number of benzene rings is 1. The van der Waals surface area contributed by atoms with E-state index in [9.17, 15) is 18.0 Å². The number of aliphatic imine (C=N–C) groups is 1. The van der Waals surface area contributed by atoms with Gasteiger partial charge < -0.3 is 25.5 Å². The molecule has 0 bridgehead atoms. The number of carbonyl (C=O) groups excluding carboxylic acids is 1. The van der Waals surface area contributed by atoms with Crippen LogP contribution in [0.5, 0.6) is 5.75 Å². The molecular weight excluding hydrogens is 425 g/mol. The normalized spacial score (nSPS) is 21.4. The quantitative estimate of drug-likeness (QED) is 0.440. The first-order valence-electron chi connectivity index (χ1n) is 10.3. The predicted molar refractivity (Wildman–Crippen MR) is 111 cm³/mol. The van der Waals surface area contributed by atoms with Crippen LogP contribution in [-0.2, 0) is 15.1 Å². The van der Waals surface area contributed by atoms with Crippen LogP contribution in [0.2, 0.25) is 0 Å². The topological polar surface area (TPSA) is 95.8 Å². The van der Waals surface area contributed by atoms with Gasteiger partial charge in [0.25, 0.3) is 5.91 Å². The smallest absolute Gasteiger partial charge is 0.387 e. The van der Waals surface area contributed by atoms with Crippen molar-refractivity contribution in [3.8, 4) is 5.75 Å². The van der Waals surface area contributed by atoms with Crippen LogP contribution in [0.4, 0.5) is 13.2 Å². The minimum absolute atomic E-state index is 0.0244. The molecular formula is C22H23F3N4O3. The summed E-state index contributed by atoms with van der Waals surface area (Å²) in [6.45, 7) is -2.51. The molecule has 4 rings (SSSR count). The van der Waals surface area contributed by atoms with Crippen LogP contribution in [0.3, 0.4) is 0 Å². The fourth-order valence-corrected chi connectivity index (χ4v) is 3.87.